The number of rotatable bonds is 13. The highest BCUT2D eigenvalue weighted by atomic mass is 16.6. The van der Waals surface area contributed by atoms with Crippen molar-refractivity contribution in [3.8, 4) is 0 Å². The second-order valence-corrected chi connectivity index (χ2v) is 19.7. The minimum atomic E-state index is -0.653. The molecule has 3 saturated carbocycles. The summed E-state index contributed by atoms with van der Waals surface area (Å²) in [5.74, 6) is 4.80. The molecule has 6 nitrogen and oxygen atoms in total. The maximum atomic E-state index is 13.2. The van der Waals surface area contributed by atoms with Crippen molar-refractivity contribution >= 4 is 12.1 Å². The van der Waals surface area contributed by atoms with E-state index in [1.165, 1.54) is 51.4 Å². The predicted molar refractivity (Wildman–Crippen MR) is 196 cm³/mol. The van der Waals surface area contributed by atoms with Crippen molar-refractivity contribution in [1.29, 1.82) is 0 Å². The van der Waals surface area contributed by atoms with Crippen molar-refractivity contribution in [2.24, 2.45) is 46.3 Å². The second-order valence-electron chi connectivity index (χ2n) is 19.7. The zero-order chi connectivity index (χ0) is 35.7. The normalized spacial score (nSPS) is 32.9. The molecule has 4 aliphatic rings. The molecule has 0 aromatic heterocycles. The number of esters is 1. The molecule has 1 N–H and O–H groups in total. The molecule has 276 valence electrons. The van der Waals surface area contributed by atoms with Gasteiger partial charge in [-0.3, -0.25) is 4.79 Å². The van der Waals surface area contributed by atoms with E-state index in [0.717, 1.165) is 54.8 Å². The van der Waals surface area contributed by atoms with Gasteiger partial charge in [-0.05, 0) is 146 Å². The van der Waals surface area contributed by atoms with Gasteiger partial charge in [-0.25, -0.2) is 4.79 Å². The standard InChI is InChI=1S/C42H73NO5/c1-28(2)14-13-15-29(3)33-18-19-34-32-17-16-30-26-31(20-22-41(30,11)35(32)21-23-42(33,34)12)47-36(44)27-40(9,10)46-25-24-39(7,8)43-37(45)48-38(4,5)6/h16,28-29,31-35H,13-15,17-27H2,1-12H3,(H,43,45). The second kappa shape index (κ2) is 15.0. The first-order valence-electron chi connectivity index (χ1n) is 19.7. The van der Waals surface area contributed by atoms with Crippen LogP contribution in [0.5, 0.6) is 0 Å². The molecule has 8 atom stereocenters. The number of carbonyl (C=O) groups excluding carboxylic acids is 2. The Labute approximate surface area is 294 Å². The SMILES string of the molecule is CC(C)CCCC(C)C1CCC2C3CC=C4CC(OC(=O)CC(C)(C)OCCC(C)(C)NC(=O)OC(C)(C)C)CCC4(C)C3CCC12C. The summed E-state index contributed by atoms with van der Waals surface area (Å²) in [5.41, 5.74) is 0.613. The van der Waals surface area contributed by atoms with E-state index in [-0.39, 0.29) is 23.9 Å². The molecule has 3 fully saturated rings. The fourth-order valence-electron chi connectivity index (χ4n) is 10.6. The minimum Gasteiger partial charge on any atom is -0.462 e. The van der Waals surface area contributed by atoms with Crippen LogP contribution in [0.3, 0.4) is 0 Å². The molecule has 0 radical (unpaired) electrons. The monoisotopic (exact) mass is 672 g/mol. The molecule has 0 aliphatic heterocycles. The van der Waals surface area contributed by atoms with Crippen LogP contribution in [0.2, 0.25) is 0 Å². The molecule has 8 unspecified atom stereocenters. The fraction of sp³-hybridized carbons (Fsp3) is 0.905. The summed E-state index contributed by atoms with van der Waals surface area (Å²) < 4.78 is 17.7. The van der Waals surface area contributed by atoms with Crippen LogP contribution >= 0.6 is 0 Å². The van der Waals surface area contributed by atoms with Gasteiger partial charge < -0.3 is 19.5 Å². The van der Waals surface area contributed by atoms with Crippen LogP contribution in [-0.4, -0.2) is 41.5 Å². The van der Waals surface area contributed by atoms with Crippen molar-refractivity contribution in [3.63, 3.8) is 0 Å². The van der Waals surface area contributed by atoms with Gasteiger partial charge in [0, 0.05) is 18.6 Å². The average Bonchev–Trinajstić information content (AvgIpc) is 3.28. The van der Waals surface area contributed by atoms with E-state index in [4.69, 9.17) is 14.2 Å². The molecule has 48 heavy (non-hydrogen) atoms. The van der Waals surface area contributed by atoms with E-state index in [0.29, 0.717) is 18.4 Å². The number of carbonyl (C=O) groups is 2. The average molecular weight is 672 g/mol. The van der Waals surface area contributed by atoms with Crippen LogP contribution < -0.4 is 5.32 Å². The Morgan fingerprint density at radius 3 is 2.31 bits per heavy atom. The summed E-state index contributed by atoms with van der Waals surface area (Å²) in [6.07, 6.45) is 16.8. The maximum Gasteiger partial charge on any atom is 0.408 e. The number of fused-ring (bicyclic) bond motifs is 5. The molecular formula is C42H73NO5. The van der Waals surface area contributed by atoms with Crippen molar-refractivity contribution in [2.75, 3.05) is 6.61 Å². The molecule has 0 heterocycles. The maximum absolute atomic E-state index is 13.2. The summed E-state index contributed by atoms with van der Waals surface area (Å²) in [4.78, 5) is 25.4. The Morgan fingerprint density at radius 1 is 0.938 bits per heavy atom. The number of allylic oxidation sites excluding steroid dienone is 1. The van der Waals surface area contributed by atoms with Crippen LogP contribution in [0.15, 0.2) is 11.6 Å². The molecule has 4 aliphatic carbocycles. The van der Waals surface area contributed by atoms with Gasteiger partial charge in [0.25, 0.3) is 0 Å². The minimum absolute atomic E-state index is 0.0439. The number of nitrogens with one attached hydrogen (secondary N) is 1. The Kier molecular flexibility index (Phi) is 12.2. The van der Waals surface area contributed by atoms with Crippen LogP contribution in [-0.2, 0) is 19.0 Å². The van der Waals surface area contributed by atoms with Crippen LogP contribution in [0.25, 0.3) is 0 Å². The topological polar surface area (TPSA) is 73.9 Å². The third kappa shape index (κ3) is 9.60. The van der Waals surface area contributed by atoms with E-state index in [1.54, 1.807) is 5.57 Å². The smallest absolute Gasteiger partial charge is 0.408 e. The molecule has 0 aromatic rings. The van der Waals surface area contributed by atoms with Gasteiger partial charge in [0.05, 0.1) is 12.0 Å². The Hall–Kier alpha value is -1.56. The lowest BCUT2D eigenvalue weighted by Gasteiger charge is -2.58. The summed E-state index contributed by atoms with van der Waals surface area (Å²) >= 11 is 0. The zero-order valence-electron chi connectivity index (χ0n) is 33.1. The first-order valence-corrected chi connectivity index (χ1v) is 19.7. The van der Waals surface area contributed by atoms with Gasteiger partial charge in [-0.1, -0.05) is 65.5 Å². The summed E-state index contributed by atoms with van der Waals surface area (Å²) in [7, 11) is 0. The van der Waals surface area contributed by atoms with E-state index < -0.39 is 22.8 Å². The van der Waals surface area contributed by atoms with E-state index >= 15 is 0 Å². The largest absolute Gasteiger partial charge is 0.462 e. The lowest BCUT2D eigenvalue weighted by atomic mass is 9.47. The number of ether oxygens (including phenoxy) is 3. The van der Waals surface area contributed by atoms with E-state index in [9.17, 15) is 9.59 Å². The van der Waals surface area contributed by atoms with Crippen LogP contribution in [0.1, 0.15) is 167 Å². The van der Waals surface area contributed by atoms with Gasteiger partial charge in [0.2, 0.25) is 0 Å². The molecule has 4 rings (SSSR count). The number of alkyl carbamates (subject to hydrolysis) is 1. The van der Waals surface area contributed by atoms with Gasteiger partial charge >= 0.3 is 12.1 Å². The van der Waals surface area contributed by atoms with E-state index in [1.807, 2.05) is 48.5 Å². The highest BCUT2D eigenvalue weighted by Gasteiger charge is 2.59. The Balaban J connectivity index is 1.27. The van der Waals surface area contributed by atoms with Crippen LogP contribution in [0, 0.1) is 46.3 Å². The molecular weight excluding hydrogens is 598 g/mol. The highest BCUT2D eigenvalue weighted by Crippen LogP contribution is 2.67. The van der Waals surface area contributed by atoms with Gasteiger partial charge in [-0.15, -0.1) is 0 Å². The van der Waals surface area contributed by atoms with Crippen molar-refractivity contribution in [3.05, 3.63) is 11.6 Å². The summed E-state index contributed by atoms with van der Waals surface area (Å²) in [6, 6.07) is 0. The zero-order valence-corrected chi connectivity index (χ0v) is 33.1. The molecule has 0 saturated heterocycles. The first-order chi connectivity index (χ1) is 22.1. The van der Waals surface area contributed by atoms with Crippen LogP contribution in [0.4, 0.5) is 4.79 Å². The number of hydrogen-bond acceptors (Lipinski definition) is 5. The molecule has 0 aromatic carbocycles. The lowest BCUT2D eigenvalue weighted by molar-refractivity contribution is -0.158. The molecule has 0 bridgehead atoms. The predicted octanol–water partition coefficient (Wildman–Crippen LogP) is 10.8. The van der Waals surface area contributed by atoms with Gasteiger partial charge in [0.15, 0.2) is 0 Å². The van der Waals surface area contributed by atoms with E-state index in [2.05, 4.69) is 46.0 Å². The molecule has 0 spiro atoms. The third-order valence-electron chi connectivity index (χ3n) is 13.2. The Morgan fingerprint density at radius 2 is 1.65 bits per heavy atom. The Bertz CT molecular complexity index is 1150. The van der Waals surface area contributed by atoms with Crippen molar-refractivity contribution < 1.29 is 23.8 Å². The number of amides is 1. The van der Waals surface area contributed by atoms with Gasteiger partial charge in [0.1, 0.15) is 11.7 Å². The van der Waals surface area contributed by atoms with Crippen molar-refractivity contribution in [1.82, 2.24) is 5.32 Å². The fourth-order valence-corrected chi connectivity index (χ4v) is 10.6. The molecule has 6 heteroatoms. The van der Waals surface area contributed by atoms with Gasteiger partial charge in [-0.2, -0.15) is 0 Å². The molecule has 1 amide bonds. The quantitative estimate of drug-likeness (QED) is 0.156. The van der Waals surface area contributed by atoms with Crippen molar-refractivity contribution in [2.45, 2.75) is 189 Å². The first kappa shape index (κ1) is 39.2. The lowest BCUT2D eigenvalue weighted by Crippen LogP contribution is -2.51. The third-order valence-corrected chi connectivity index (χ3v) is 13.2. The highest BCUT2D eigenvalue weighted by molar-refractivity contribution is 5.71. The summed E-state index contributed by atoms with van der Waals surface area (Å²) in [5, 5.41) is 2.93. The number of hydrogen-bond donors (Lipinski definition) is 1. The summed E-state index contributed by atoms with van der Waals surface area (Å²) in [6.45, 7) is 26.3.